The van der Waals surface area contributed by atoms with E-state index < -0.39 is 29.4 Å². The topological polar surface area (TPSA) is 151 Å². The summed E-state index contributed by atoms with van der Waals surface area (Å²) in [5, 5.41) is 14.2. The summed E-state index contributed by atoms with van der Waals surface area (Å²) in [6, 6.07) is 13.4. The quantitative estimate of drug-likeness (QED) is 0.111. The molecule has 14 heteroatoms. The number of nitrogens with zero attached hydrogens (tertiary/aromatic N) is 2. The summed E-state index contributed by atoms with van der Waals surface area (Å²) in [6.07, 6.45) is 1.68. The lowest BCUT2D eigenvalue weighted by Crippen LogP contribution is -2.36. The Morgan fingerprint density at radius 1 is 0.981 bits per heavy atom. The van der Waals surface area contributed by atoms with Crippen LogP contribution in [0.3, 0.4) is 0 Å². The van der Waals surface area contributed by atoms with Crippen molar-refractivity contribution in [2.75, 3.05) is 54.2 Å². The molecule has 0 spiro atoms. The largest absolute Gasteiger partial charge is 0.493 e. The number of hydrogen-bond donors (Lipinski definition) is 1. The molecule has 0 amide bonds. The van der Waals surface area contributed by atoms with Crippen LogP contribution in [0.5, 0.6) is 11.5 Å². The molecule has 1 aliphatic rings. The number of benzene rings is 2. The molecule has 0 fully saturated rings. The number of carbonyl (C=O) groups excluding carboxylic acids is 2. The first kappa shape index (κ1) is 48.5. The molecule has 0 saturated carbocycles. The highest BCUT2D eigenvalue weighted by Crippen LogP contribution is 2.44. The number of dihydropyridines is 1. The van der Waals surface area contributed by atoms with Gasteiger partial charge >= 0.3 is 11.9 Å². The highest BCUT2D eigenvalue weighted by Gasteiger charge is 2.40. The van der Waals surface area contributed by atoms with Gasteiger partial charge in [-0.05, 0) is 88.9 Å². The molecule has 0 saturated heterocycles. The maximum Gasteiger partial charge on any atom is 0.337 e. The van der Waals surface area contributed by atoms with Gasteiger partial charge in [-0.3, -0.25) is 0 Å². The molecule has 54 heavy (non-hydrogen) atoms. The SMILES string of the molecule is CCCOCCOC(=O)C1=C(C)NC(C)=C(C(=O)OC(C)CN(C)CCCC(C#N)(c2ccc(OC)c(OC)c2)C(C)C)C1c1cccc(Cl)c1Cl.Cl.O. The zero-order chi connectivity index (χ0) is 38.6. The Bertz CT molecular complexity index is 1680. The number of allylic oxidation sites excluding steroid dienone is 2. The zero-order valence-corrected chi connectivity index (χ0v) is 35.1. The van der Waals surface area contributed by atoms with Gasteiger partial charge in [0.25, 0.3) is 0 Å². The number of ether oxygens (including phenoxy) is 5. The van der Waals surface area contributed by atoms with Gasteiger partial charge in [0.15, 0.2) is 11.5 Å². The van der Waals surface area contributed by atoms with Crippen LogP contribution in [0, 0.1) is 17.2 Å². The molecule has 3 N–H and O–H groups in total. The predicted molar refractivity (Wildman–Crippen MR) is 215 cm³/mol. The van der Waals surface area contributed by atoms with E-state index in [0.29, 0.717) is 59.6 Å². The molecule has 0 aliphatic carbocycles. The lowest BCUT2D eigenvalue weighted by Gasteiger charge is -2.33. The fraction of sp³-hybridized carbons (Fsp3) is 0.525. The monoisotopic (exact) mass is 811 g/mol. The van der Waals surface area contributed by atoms with Crippen molar-refractivity contribution >= 4 is 47.5 Å². The molecule has 0 radical (unpaired) electrons. The zero-order valence-electron chi connectivity index (χ0n) is 32.8. The molecule has 3 rings (SSSR count). The average molecular weight is 813 g/mol. The Labute approximate surface area is 336 Å². The fourth-order valence-electron chi connectivity index (χ4n) is 6.68. The third-order valence-electron chi connectivity index (χ3n) is 9.37. The molecule has 3 unspecified atom stereocenters. The first-order valence-electron chi connectivity index (χ1n) is 17.7. The number of methoxy groups -OCH3 is 2. The van der Waals surface area contributed by atoms with Crippen molar-refractivity contribution in [3.8, 4) is 17.6 Å². The second kappa shape index (κ2) is 22.8. The Kier molecular flexibility index (Phi) is 20.5. The van der Waals surface area contributed by atoms with E-state index in [4.69, 9.17) is 46.9 Å². The highest BCUT2D eigenvalue weighted by atomic mass is 35.5. The van der Waals surface area contributed by atoms with Gasteiger partial charge in [-0.1, -0.05) is 62.2 Å². The second-order valence-electron chi connectivity index (χ2n) is 13.4. The Morgan fingerprint density at radius 3 is 2.22 bits per heavy atom. The van der Waals surface area contributed by atoms with Gasteiger partial charge in [0.2, 0.25) is 0 Å². The lowest BCUT2D eigenvalue weighted by molar-refractivity contribution is -0.144. The number of halogens is 3. The summed E-state index contributed by atoms with van der Waals surface area (Å²) in [4.78, 5) is 29.7. The van der Waals surface area contributed by atoms with Crippen LogP contribution in [0.2, 0.25) is 10.0 Å². The molecule has 0 aromatic heterocycles. The molecular formula is C40H56Cl3N3O8. The number of likely N-dealkylation sites (N-methyl/N-ethyl adjacent to an activating group) is 1. The molecule has 300 valence electrons. The second-order valence-corrected chi connectivity index (χ2v) is 14.2. The smallest absolute Gasteiger partial charge is 0.337 e. The number of rotatable bonds is 19. The van der Waals surface area contributed by atoms with Crippen molar-refractivity contribution in [1.82, 2.24) is 10.2 Å². The summed E-state index contributed by atoms with van der Waals surface area (Å²) in [7, 11) is 5.12. The van der Waals surface area contributed by atoms with Crippen LogP contribution < -0.4 is 14.8 Å². The molecule has 0 bridgehead atoms. The predicted octanol–water partition coefficient (Wildman–Crippen LogP) is 7.57. The first-order valence-corrected chi connectivity index (χ1v) is 18.4. The van der Waals surface area contributed by atoms with Crippen LogP contribution in [-0.4, -0.2) is 82.6 Å². The van der Waals surface area contributed by atoms with Crippen molar-refractivity contribution in [3.05, 3.63) is 80.1 Å². The lowest BCUT2D eigenvalue weighted by atomic mass is 9.69. The van der Waals surface area contributed by atoms with Crippen molar-refractivity contribution in [2.45, 2.75) is 78.2 Å². The van der Waals surface area contributed by atoms with Gasteiger partial charge in [0, 0.05) is 24.5 Å². The van der Waals surface area contributed by atoms with Crippen LogP contribution in [0.25, 0.3) is 0 Å². The fourth-order valence-corrected chi connectivity index (χ4v) is 7.10. The van der Waals surface area contributed by atoms with Gasteiger partial charge < -0.3 is 39.4 Å². The average Bonchev–Trinajstić information content (AvgIpc) is 3.10. The van der Waals surface area contributed by atoms with Gasteiger partial charge in [-0.2, -0.15) is 5.26 Å². The van der Waals surface area contributed by atoms with Gasteiger partial charge in [0.05, 0.1) is 59.4 Å². The molecule has 11 nitrogen and oxygen atoms in total. The molecular weight excluding hydrogens is 757 g/mol. The van der Waals surface area contributed by atoms with Crippen LogP contribution >= 0.6 is 35.6 Å². The number of nitrogens with one attached hydrogen (secondary N) is 1. The number of carbonyl (C=O) groups is 2. The molecule has 3 atom stereocenters. The van der Waals surface area contributed by atoms with Crippen molar-refractivity contribution < 1.29 is 38.7 Å². The number of esters is 2. The van der Waals surface area contributed by atoms with Crippen LogP contribution in [-0.2, 0) is 29.2 Å². The first-order chi connectivity index (χ1) is 24.8. The summed E-state index contributed by atoms with van der Waals surface area (Å²) in [5.74, 6) is -0.847. The summed E-state index contributed by atoms with van der Waals surface area (Å²) < 4.78 is 28.1. The minimum atomic E-state index is -0.888. The number of hydrogen-bond acceptors (Lipinski definition) is 10. The third kappa shape index (κ3) is 11.8. The maximum absolute atomic E-state index is 14.0. The molecule has 2 aromatic rings. The van der Waals surface area contributed by atoms with Crippen LogP contribution in [0.4, 0.5) is 0 Å². The van der Waals surface area contributed by atoms with Crippen molar-refractivity contribution in [2.24, 2.45) is 5.92 Å². The van der Waals surface area contributed by atoms with Crippen LogP contribution in [0.1, 0.15) is 77.8 Å². The summed E-state index contributed by atoms with van der Waals surface area (Å²) in [6.45, 7) is 13.4. The highest BCUT2D eigenvalue weighted by molar-refractivity contribution is 6.42. The van der Waals surface area contributed by atoms with E-state index in [1.807, 2.05) is 39.1 Å². The summed E-state index contributed by atoms with van der Waals surface area (Å²) in [5.41, 5.74) is 2.17. The third-order valence-corrected chi connectivity index (χ3v) is 10.2. The molecule has 1 aliphatic heterocycles. The standard InChI is InChI=1S/C40H53Cl2N3O7.ClH.H2O/c1-10-19-50-20-21-51-38(46)34-27(5)44-28(6)35(36(34)30-13-11-14-31(41)37(30)42)39(47)52-26(4)23-45(7)18-12-17-40(24-43,25(2)3)29-15-16-32(48-8)33(22-29)49-9;;/h11,13-16,22,25-26,36,44H,10,12,17-21,23H2,1-9H3;1H;1H2. The Morgan fingerprint density at radius 2 is 1.63 bits per heavy atom. The summed E-state index contributed by atoms with van der Waals surface area (Å²) >= 11 is 13.1. The van der Waals surface area contributed by atoms with E-state index in [-0.39, 0.29) is 53.2 Å². The van der Waals surface area contributed by atoms with E-state index in [1.165, 1.54) is 0 Å². The van der Waals surface area contributed by atoms with E-state index in [0.717, 1.165) is 18.4 Å². The van der Waals surface area contributed by atoms with E-state index in [9.17, 15) is 14.9 Å². The maximum atomic E-state index is 14.0. The minimum Gasteiger partial charge on any atom is -0.493 e. The van der Waals surface area contributed by atoms with Gasteiger partial charge in [0.1, 0.15) is 12.7 Å². The molecule has 1 heterocycles. The van der Waals surface area contributed by atoms with Crippen molar-refractivity contribution in [3.63, 3.8) is 0 Å². The van der Waals surface area contributed by atoms with Gasteiger partial charge in [-0.25, -0.2) is 9.59 Å². The Hall–Kier alpha value is -3.50. The molecule has 2 aromatic carbocycles. The van der Waals surface area contributed by atoms with E-state index in [2.05, 4.69) is 30.1 Å². The van der Waals surface area contributed by atoms with E-state index >= 15 is 0 Å². The van der Waals surface area contributed by atoms with Gasteiger partial charge in [-0.15, -0.1) is 12.4 Å². The minimum absolute atomic E-state index is 0. The number of nitriles is 1. The van der Waals surface area contributed by atoms with Crippen molar-refractivity contribution in [1.29, 1.82) is 5.26 Å². The van der Waals surface area contributed by atoms with E-state index in [1.54, 1.807) is 46.3 Å². The normalized spacial score (nSPS) is 15.7. The van der Waals surface area contributed by atoms with Crippen LogP contribution in [0.15, 0.2) is 58.9 Å². The Balaban J connectivity index is 0.00000729.